The molecule has 23 heavy (non-hydrogen) atoms. The van der Waals surface area contributed by atoms with Crippen molar-refractivity contribution < 1.29 is 14.3 Å². The highest BCUT2D eigenvalue weighted by atomic mass is 16.6. The molecule has 2 bridgehead atoms. The lowest BCUT2D eigenvalue weighted by Gasteiger charge is -2.50. The topological polar surface area (TPSA) is 68.0 Å². The lowest BCUT2D eigenvalue weighted by atomic mass is 10.0. The van der Waals surface area contributed by atoms with Gasteiger partial charge in [0, 0.05) is 24.5 Å². The largest absolute Gasteiger partial charge is 0.444 e. The minimum Gasteiger partial charge on any atom is -0.444 e. The minimum absolute atomic E-state index is 0.00917. The van der Waals surface area contributed by atoms with Crippen LogP contribution in [0.1, 0.15) is 20.8 Å². The number of carbonyl (C=O) groups is 1. The number of carbonyl (C=O) groups excluding carboxylic acids is 1. The Bertz CT molecular complexity index is 553. The van der Waals surface area contributed by atoms with Crippen molar-refractivity contribution in [3.05, 3.63) is 24.3 Å². The maximum absolute atomic E-state index is 12.5. The fourth-order valence-electron chi connectivity index (χ4n) is 3.17. The van der Waals surface area contributed by atoms with Gasteiger partial charge in [-0.2, -0.15) is 0 Å². The average molecular weight is 319 g/mol. The Kier molecular flexibility index (Phi) is 4.10. The van der Waals surface area contributed by atoms with Gasteiger partial charge in [-0.05, 0) is 45.0 Å². The zero-order valence-electron chi connectivity index (χ0n) is 14.0. The Hall–Kier alpha value is -1.95. The number of hydrogen-bond acceptors (Lipinski definition) is 5. The molecule has 2 heterocycles. The smallest absolute Gasteiger partial charge is 0.411 e. The summed E-state index contributed by atoms with van der Waals surface area (Å²) in [6.45, 7) is 8.23. The first kappa shape index (κ1) is 15.9. The summed E-state index contributed by atoms with van der Waals surface area (Å²) in [5.74, 6) is 0. The summed E-state index contributed by atoms with van der Waals surface area (Å²) in [5, 5.41) is 0. The third kappa shape index (κ3) is 3.52. The van der Waals surface area contributed by atoms with E-state index in [1.807, 2.05) is 49.9 Å². The van der Waals surface area contributed by atoms with Crippen LogP contribution in [0, 0.1) is 0 Å². The minimum atomic E-state index is -0.486. The van der Waals surface area contributed by atoms with E-state index in [-0.39, 0.29) is 18.2 Å². The summed E-state index contributed by atoms with van der Waals surface area (Å²) >= 11 is 0. The highest BCUT2D eigenvalue weighted by Gasteiger charge is 2.42. The molecule has 2 aliphatic heterocycles. The van der Waals surface area contributed by atoms with Crippen molar-refractivity contribution in [1.82, 2.24) is 4.90 Å². The summed E-state index contributed by atoms with van der Waals surface area (Å²) in [4.78, 5) is 16.7. The van der Waals surface area contributed by atoms with Crippen molar-refractivity contribution >= 4 is 17.5 Å². The van der Waals surface area contributed by atoms with Gasteiger partial charge < -0.3 is 20.1 Å². The van der Waals surface area contributed by atoms with E-state index in [2.05, 4.69) is 4.90 Å². The van der Waals surface area contributed by atoms with Gasteiger partial charge in [0.15, 0.2) is 0 Å². The van der Waals surface area contributed by atoms with Crippen LogP contribution < -0.4 is 10.6 Å². The van der Waals surface area contributed by atoms with Gasteiger partial charge in [-0.1, -0.05) is 0 Å². The highest BCUT2D eigenvalue weighted by molar-refractivity contribution is 5.70. The second-order valence-corrected chi connectivity index (χ2v) is 7.23. The lowest BCUT2D eigenvalue weighted by Crippen LogP contribution is -2.66. The van der Waals surface area contributed by atoms with Crippen LogP contribution in [-0.4, -0.2) is 55.0 Å². The molecule has 2 aliphatic rings. The third-order valence-corrected chi connectivity index (χ3v) is 4.13. The summed E-state index contributed by atoms with van der Waals surface area (Å²) < 4.78 is 11.2. The molecule has 0 aromatic heterocycles. The van der Waals surface area contributed by atoms with Gasteiger partial charge in [-0.15, -0.1) is 0 Å². The first-order valence-electron chi connectivity index (χ1n) is 8.03. The van der Waals surface area contributed by atoms with Crippen LogP contribution in [0.5, 0.6) is 0 Å². The summed E-state index contributed by atoms with van der Waals surface area (Å²) in [7, 11) is 0. The summed E-state index contributed by atoms with van der Waals surface area (Å²) in [5.41, 5.74) is 7.15. The maximum Gasteiger partial charge on any atom is 0.411 e. The number of anilines is 2. The van der Waals surface area contributed by atoms with Crippen LogP contribution in [0.4, 0.5) is 16.2 Å². The molecule has 1 aromatic rings. The third-order valence-electron chi connectivity index (χ3n) is 4.13. The van der Waals surface area contributed by atoms with Gasteiger partial charge >= 0.3 is 6.09 Å². The van der Waals surface area contributed by atoms with Gasteiger partial charge in [0.25, 0.3) is 0 Å². The van der Waals surface area contributed by atoms with Gasteiger partial charge in [0.2, 0.25) is 0 Å². The Morgan fingerprint density at radius 3 is 2.26 bits per heavy atom. The van der Waals surface area contributed by atoms with E-state index in [1.54, 1.807) is 0 Å². The van der Waals surface area contributed by atoms with Gasteiger partial charge in [-0.3, -0.25) is 4.90 Å². The number of fused-ring (bicyclic) bond motifs is 2. The van der Waals surface area contributed by atoms with Crippen LogP contribution in [0.25, 0.3) is 0 Å². The first-order chi connectivity index (χ1) is 10.8. The summed E-state index contributed by atoms with van der Waals surface area (Å²) in [6, 6.07) is 7.87. The number of piperazine rings is 1. The van der Waals surface area contributed by atoms with Gasteiger partial charge in [0.1, 0.15) is 5.60 Å². The van der Waals surface area contributed by atoms with E-state index < -0.39 is 5.60 Å². The molecule has 6 nitrogen and oxygen atoms in total. The second-order valence-electron chi connectivity index (χ2n) is 7.23. The molecule has 3 rings (SSSR count). The molecule has 2 fully saturated rings. The zero-order valence-corrected chi connectivity index (χ0v) is 14.0. The average Bonchev–Trinajstić information content (AvgIpc) is 2.44. The number of ether oxygens (including phenoxy) is 2. The molecular weight excluding hydrogens is 294 g/mol. The molecule has 0 saturated carbocycles. The fourth-order valence-corrected chi connectivity index (χ4v) is 3.17. The van der Waals surface area contributed by atoms with Crippen molar-refractivity contribution in [3.63, 3.8) is 0 Å². The fraction of sp³-hybridized carbons (Fsp3) is 0.588. The number of nitrogens with zero attached hydrogens (tertiary/aromatic N) is 2. The molecule has 2 unspecified atom stereocenters. The number of benzene rings is 1. The molecule has 6 heteroatoms. The molecule has 1 amide bonds. The SMILES string of the molecule is CC(C)(C)OC(=O)N1C2COCC1CN(c1ccc(N)cc1)C2. The molecule has 2 N–H and O–H groups in total. The van der Waals surface area contributed by atoms with E-state index in [1.165, 1.54) is 0 Å². The van der Waals surface area contributed by atoms with Crippen molar-refractivity contribution in [3.8, 4) is 0 Å². The molecule has 1 aromatic carbocycles. The van der Waals surface area contributed by atoms with Crippen molar-refractivity contribution in [2.45, 2.75) is 38.5 Å². The van der Waals surface area contributed by atoms with Gasteiger partial charge in [-0.25, -0.2) is 4.79 Å². The number of rotatable bonds is 1. The van der Waals surface area contributed by atoms with Crippen LogP contribution in [-0.2, 0) is 9.47 Å². The molecule has 126 valence electrons. The van der Waals surface area contributed by atoms with Crippen molar-refractivity contribution in [1.29, 1.82) is 0 Å². The summed E-state index contributed by atoms with van der Waals surface area (Å²) in [6.07, 6.45) is -0.243. The van der Waals surface area contributed by atoms with Crippen molar-refractivity contribution in [2.75, 3.05) is 36.9 Å². The molecule has 2 atom stereocenters. The second kappa shape index (κ2) is 5.92. The quantitative estimate of drug-likeness (QED) is 0.803. The number of morpholine rings is 1. The number of hydrogen-bond donors (Lipinski definition) is 1. The predicted molar refractivity (Wildman–Crippen MR) is 89.5 cm³/mol. The molecule has 2 saturated heterocycles. The molecular formula is C17H25N3O3. The van der Waals surface area contributed by atoms with Crippen LogP contribution in [0.3, 0.4) is 0 Å². The van der Waals surface area contributed by atoms with Crippen LogP contribution in [0.2, 0.25) is 0 Å². The lowest BCUT2D eigenvalue weighted by molar-refractivity contribution is -0.0665. The van der Waals surface area contributed by atoms with E-state index in [0.717, 1.165) is 24.5 Å². The molecule has 0 aliphatic carbocycles. The Balaban J connectivity index is 1.75. The maximum atomic E-state index is 12.5. The van der Waals surface area contributed by atoms with E-state index in [9.17, 15) is 4.79 Å². The Morgan fingerprint density at radius 2 is 1.74 bits per heavy atom. The van der Waals surface area contributed by atoms with Crippen molar-refractivity contribution in [2.24, 2.45) is 0 Å². The van der Waals surface area contributed by atoms with E-state index in [4.69, 9.17) is 15.2 Å². The molecule has 0 spiro atoms. The number of nitrogen functional groups attached to an aromatic ring is 1. The Morgan fingerprint density at radius 1 is 1.17 bits per heavy atom. The monoisotopic (exact) mass is 319 g/mol. The zero-order chi connectivity index (χ0) is 16.6. The molecule has 0 radical (unpaired) electrons. The standard InChI is InChI=1S/C17H25N3O3/c1-17(2,3)23-16(21)20-14-8-19(9-15(20)11-22-10-14)13-6-4-12(18)5-7-13/h4-7,14-15H,8-11,18H2,1-3H3. The highest BCUT2D eigenvalue weighted by Crippen LogP contribution is 2.28. The van der Waals surface area contributed by atoms with E-state index in [0.29, 0.717) is 13.2 Å². The first-order valence-corrected chi connectivity index (χ1v) is 8.03. The number of nitrogens with two attached hydrogens (primary N) is 1. The Labute approximate surface area is 137 Å². The van der Waals surface area contributed by atoms with Crippen LogP contribution >= 0.6 is 0 Å². The predicted octanol–water partition coefficient (Wildman–Crippen LogP) is 2.09. The van der Waals surface area contributed by atoms with E-state index >= 15 is 0 Å². The normalized spacial score (nSPS) is 24.5. The van der Waals surface area contributed by atoms with Crippen LogP contribution in [0.15, 0.2) is 24.3 Å². The van der Waals surface area contributed by atoms with Gasteiger partial charge in [0.05, 0.1) is 25.3 Å². The number of amides is 1.